The van der Waals surface area contributed by atoms with E-state index < -0.39 is 0 Å². The van der Waals surface area contributed by atoms with Crippen LogP contribution in [0.25, 0.3) is 11.3 Å². The second-order valence-electron chi connectivity index (χ2n) is 3.74. The first kappa shape index (κ1) is 12.3. The molecule has 0 atom stereocenters. The zero-order valence-electron chi connectivity index (χ0n) is 10.00. The third-order valence-corrected chi connectivity index (χ3v) is 2.57. The lowest BCUT2D eigenvalue weighted by molar-refractivity contribution is -0.121. The van der Waals surface area contributed by atoms with Crippen LogP contribution in [0.4, 0.5) is 0 Å². The van der Waals surface area contributed by atoms with E-state index in [0.29, 0.717) is 11.4 Å². The van der Waals surface area contributed by atoms with Gasteiger partial charge in [-0.3, -0.25) is 4.79 Å². The quantitative estimate of drug-likeness (QED) is 0.806. The molecule has 0 saturated heterocycles. The number of hydrogen-bond donors (Lipinski definition) is 2. The highest BCUT2D eigenvalue weighted by atomic mass is 16.3. The molecule has 94 valence electrons. The highest BCUT2D eigenvalue weighted by Gasteiger charge is 2.15. The number of likely N-dealkylation sites (N-methyl/N-ethyl adjacent to an activating group) is 1. The van der Waals surface area contributed by atoms with Gasteiger partial charge in [0.15, 0.2) is 0 Å². The van der Waals surface area contributed by atoms with Crippen LogP contribution in [0, 0.1) is 0 Å². The van der Waals surface area contributed by atoms with Gasteiger partial charge in [-0.05, 0) is 0 Å². The molecule has 0 bridgehead atoms. The summed E-state index contributed by atoms with van der Waals surface area (Å²) in [6.45, 7) is -0.133. The molecule has 0 aliphatic heterocycles. The van der Waals surface area contributed by atoms with Crippen LogP contribution in [-0.4, -0.2) is 33.1 Å². The van der Waals surface area contributed by atoms with Gasteiger partial charge in [0.2, 0.25) is 5.91 Å². The summed E-state index contributed by atoms with van der Waals surface area (Å²) >= 11 is 0. The maximum absolute atomic E-state index is 11.4. The van der Waals surface area contributed by atoms with E-state index in [2.05, 4.69) is 15.6 Å². The number of carbonyl (C=O) groups excluding carboxylic acids is 1. The number of nitrogens with zero attached hydrogens (tertiary/aromatic N) is 3. The number of aliphatic hydroxyl groups is 1. The Hall–Kier alpha value is -2.21. The molecule has 18 heavy (non-hydrogen) atoms. The van der Waals surface area contributed by atoms with E-state index in [9.17, 15) is 9.90 Å². The number of aromatic nitrogens is 3. The van der Waals surface area contributed by atoms with Crippen molar-refractivity contribution >= 4 is 5.91 Å². The van der Waals surface area contributed by atoms with Crippen molar-refractivity contribution in [3.8, 4) is 11.3 Å². The molecule has 0 radical (unpaired) electrons. The molecule has 2 rings (SSSR count). The van der Waals surface area contributed by atoms with Crippen molar-refractivity contribution in [2.24, 2.45) is 0 Å². The molecule has 0 saturated carbocycles. The summed E-state index contributed by atoms with van der Waals surface area (Å²) in [5, 5.41) is 19.6. The predicted molar refractivity (Wildman–Crippen MR) is 65.4 cm³/mol. The topological polar surface area (TPSA) is 80.0 Å². The molecule has 0 aliphatic carbocycles. The van der Waals surface area contributed by atoms with Gasteiger partial charge in [-0.2, -0.15) is 0 Å². The first-order valence-electron chi connectivity index (χ1n) is 5.55. The van der Waals surface area contributed by atoms with Gasteiger partial charge in [0.05, 0.1) is 12.3 Å². The number of carbonyl (C=O) groups is 1. The number of aliphatic hydroxyl groups excluding tert-OH is 1. The predicted octanol–water partition coefficient (Wildman–Crippen LogP) is 0.183. The van der Waals surface area contributed by atoms with Crippen LogP contribution in [0.1, 0.15) is 5.69 Å². The van der Waals surface area contributed by atoms with Crippen molar-refractivity contribution in [2.75, 3.05) is 7.05 Å². The summed E-state index contributed by atoms with van der Waals surface area (Å²) < 4.78 is 1.49. The number of nitrogens with one attached hydrogen (secondary N) is 1. The van der Waals surface area contributed by atoms with Crippen LogP contribution >= 0.6 is 0 Å². The Labute approximate surface area is 104 Å². The molecule has 6 heteroatoms. The van der Waals surface area contributed by atoms with Crippen molar-refractivity contribution in [1.29, 1.82) is 0 Å². The molecule has 0 aliphatic rings. The van der Waals surface area contributed by atoms with Gasteiger partial charge < -0.3 is 10.4 Å². The number of amides is 1. The Kier molecular flexibility index (Phi) is 3.69. The SMILES string of the molecule is CNC(=O)Cn1nnc(CO)c1-c1ccccc1. The Bertz CT molecular complexity index is 536. The van der Waals surface area contributed by atoms with Crippen molar-refractivity contribution < 1.29 is 9.90 Å². The maximum Gasteiger partial charge on any atom is 0.241 e. The third kappa shape index (κ3) is 2.38. The Balaban J connectivity index is 2.43. The number of hydrogen-bond acceptors (Lipinski definition) is 4. The van der Waals surface area contributed by atoms with Crippen LogP contribution in [0.15, 0.2) is 30.3 Å². The van der Waals surface area contributed by atoms with Gasteiger partial charge in [-0.25, -0.2) is 4.68 Å². The molecule has 0 unspecified atom stereocenters. The minimum absolute atomic E-state index is 0.0771. The fraction of sp³-hybridized carbons (Fsp3) is 0.250. The van der Waals surface area contributed by atoms with Crippen LogP contribution in [-0.2, 0) is 17.9 Å². The lowest BCUT2D eigenvalue weighted by Gasteiger charge is -2.06. The van der Waals surface area contributed by atoms with Gasteiger partial charge >= 0.3 is 0 Å². The molecule has 1 amide bonds. The van der Waals surface area contributed by atoms with Crippen LogP contribution in [0.3, 0.4) is 0 Å². The van der Waals surface area contributed by atoms with E-state index in [4.69, 9.17) is 0 Å². The zero-order chi connectivity index (χ0) is 13.0. The first-order valence-corrected chi connectivity index (χ1v) is 5.55. The summed E-state index contributed by atoms with van der Waals surface area (Å²) in [6.07, 6.45) is 0. The van der Waals surface area contributed by atoms with E-state index in [-0.39, 0.29) is 19.1 Å². The van der Waals surface area contributed by atoms with E-state index in [1.165, 1.54) is 4.68 Å². The lowest BCUT2D eigenvalue weighted by atomic mass is 10.1. The van der Waals surface area contributed by atoms with E-state index in [1.807, 2.05) is 30.3 Å². The van der Waals surface area contributed by atoms with Crippen molar-refractivity contribution in [3.63, 3.8) is 0 Å². The van der Waals surface area contributed by atoms with E-state index in [1.54, 1.807) is 7.05 Å². The molecule has 1 heterocycles. The van der Waals surface area contributed by atoms with Crippen LogP contribution in [0.5, 0.6) is 0 Å². The summed E-state index contributed by atoms with van der Waals surface area (Å²) in [7, 11) is 1.56. The average Bonchev–Trinajstić information content (AvgIpc) is 2.82. The Morgan fingerprint density at radius 1 is 1.39 bits per heavy atom. The lowest BCUT2D eigenvalue weighted by Crippen LogP contribution is -2.24. The number of benzene rings is 1. The van der Waals surface area contributed by atoms with Gasteiger partial charge in [-0.1, -0.05) is 35.5 Å². The monoisotopic (exact) mass is 246 g/mol. The van der Waals surface area contributed by atoms with Crippen molar-refractivity contribution in [1.82, 2.24) is 20.3 Å². The standard InChI is InChI=1S/C12H14N4O2/c1-13-11(18)7-16-12(10(8-17)14-15-16)9-5-3-2-4-6-9/h2-6,17H,7-8H2,1H3,(H,13,18). The third-order valence-electron chi connectivity index (χ3n) is 2.57. The normalized spacial score (nSPS) is 10.3. The second-order valence-corrected chi connectivity index (χ2v) is 3.74. The Morgan fingerprint density at radius 3 is 2.72 bits per heavy atom. The molecule has 6 nitrogen and oxygen atoms in total. The fourth-order valence-electron chi connectivity index (χ4n) is 1.69. The van der Waals surface area contributed by atoms with Gasteiger partial charge in [0.25, 0.3) is 0 Å². The van der Waals surface area contributed by atoms with Gasteiger partial charge in [0, 0.05) is 12.6 Å². The first-order chi connectivity index (χ1) is 8.76. The largest absolute Gasteiger partial charge is 0.390 e. The fourth-order valence-corrected chi connectivity index (χ4v) is 1.69. The summed E-state index contributed by atoms with van der Waals surface area (Å²) in [5.41, 5.74) is 2.00. The van der Waals surface area contributed by atoms with Crippen LogP contribution in [0.2, 0.25) is 0 Å². The highest BCUT2D eigenvalue weighted by Crippen LogP contribution is 2.21. The zero-order valence-corrected chi connectivity index (χ0v) is 10.00. The smallest absolute Gasteiger partial charge is 0.241 e. The minimum atomic E-state index is -0.210. The second kappa shape index (κ2) is 5.42. The van der Waals surface area contributed by atoms with E-state index >= 15 is 0 Å². The van der Waals surface area contributed by atoms with Gasteiger partial charge in [-0.15, -0.1) is 5.10 Å². The highest BCUT2D eigenvalue weighted by molar-refractivity contribution is 5.76. The average molecular weight is 246 g/mol. The Morgan fingerprint density at radius 2 is 2.11 bits per heavy atom. The minimum Gasteiger partial charge on any atom is -0.390 e. The molecule has 0 spiro atoms. The summed E-state index contributed by atoms with van der Waals surface area (Å²) in [4.78, 5) is 11.4. The summed E-state index contributed by atoms with van der Waals surface area (Å²) in [5.74, 6) is -0.165. The van der Waals surface area contributed by atoms with E-state index in [0.717, 1.165) is 5.56 Å². The number of rotatable bonds is 4. The van der Waals surface area contributed by atoms with Crippen molar-refractivity contribution in [3.05, 3.63) is 36.0 Å². The molecule has 1 aromatic carbocycles. The molecule has 2 N–H and O–H groups in total. The molecule has 0 fully saturated rings. The maximum atomic E-state index is 11.4. The molecule has 1 aromatic heterocycles. The van der Waals surface area contributed by atoms with Crippen molar-refractivity contribution in [2.45, 2.75) is 13.2 Å². The molecular formula is C12H14N4O2. The van der Waals surface area contributed by atoms with Gasteiger partial charge in [0.1, 0.15) is 12.2 Å². The molecular weight excluding hydrogens is 232 g/mol. The molecule has 2 aromatic rings. The van der Waals surface area contributed by atoms with Crippen LogP contribution < -0.4 is 5.32 Å². The summed E-state index contributed by atoms with van der Waals surface area (Å²) in [6, 6.07) is 9.44.